The number of hydrogen-bond donors (Lipinski definition) is 1. The van der Waals surface area contributed by atoms with Crippen molar-refractivity contribution in [2.24, 2.45) is 0 Å². The highest BCUT2D eigenvalue weighted by atomic mass is 19.1. The maximum Gasteiger partial charge on any atom is 0.226 e. The summed E-state index contributed by atoms with van der Waals surface area (Å²) in [7, 11) is 0. The number of amides is 1. The van der Waals surface area contributed by atoms with Crippen molar-refractivity contribution in [3.05, 3.63) is 42.0 Å². The first-order valence-electron chi connectivity index (χ1n) is 7.89. The highest BCUT2D eigenvalue weighted by Gasteiger charge is 2.21. The lowest BCUT2D eigenvalue weighted by Crippen LogP contribution is -2.46. The molecule has 0 bridgehead atoms. The number of carbonyl (C=O) groups is 1. The Labute approximate surface area is 139 Å². The number of hydrogen-bond acceptors (Lipinski definition) is 5. The standard InChI is InChI=1S/C17H20FN3O3/c1-12(22)19-8-16-10-21(6-7-23-16)9-15-11-24-17(20-15)13-2-4-14(18)5-3-13/h2-5,11,16H,6-10H2,1H3,(H,19,22). The van der Waals surface area contributed by atoms with Crippen LogP contribution in [0.4, 0.5) is 4.39 Å². The summed E-state index contributed by atoms with van der Waals surface area (Å²) in [6.07, 6.45) is 1.60. The highest BCUT2D eigenvalue weighted by Crippen LogP contribution is 2.20. The zero-order valence-corrected chi connectivity index (χ0v) is 13.5. The van der Waals surface area contributed by atoms with Gasteiger partial charge in [-0.2, -0.15) is 0 Å². The van der Waals surface area contributed by atoms with Crippen LogP contribution >= 0.6 is 0 Å². The normalized spacial score (nSPS) is 18.5. The van der Waals surface area contributed by atoms with E-state index in [0.717, 1.165) is 24.3 Å². The van der Waals surface area contributed by atoms with Crippen molar-refractivity contribution in [1.29, 1.82) is 0 Å². The average Bonchev–Trinajstić information content (AvgIpc) is 3.02. The number of benzene rings is 1. The van der Waals surface area contributed by atoms with Crippen molar-refractivity contribution < 1.29 is 18.3 Å². The first kappa shape index (κ1) is 16.6. The molecule has 6 nitrogen and oxygen atoms in total. The summed E-state index contributed by atoms with van der Waals surface area (Å²) in [4.78, 5) is 17.7. The van der Waals surface area contributed by atoms with Crippen molar-refractivity contribution >= 4 is 5.91 Å². The van der Waals surface area contributed by atoms with Gasteiger partial charge in [-0.1, -0.05) is 0 Å². The molecule has 0 radical (unpaired) electrons. The molecule has 1 fully saturated rings. The van der Waals surface area contributed by atoms with Gasteiger partial charge < -0.3 is 14.5 Å². The predicted molar refractivity (Wildman–Crippen MR) is 85.6 cm³/mol. The maximum atomic E-state index is 13.0. The molecule has 24 heavy (non-hydrogen) atoms. The van der Waals surface area contributed by atoms with Gasteiger partial charge >= 0.3 is 0 Å². The summed E-state index contributed by atoms with van der Waals surface area (Å²) >= 11 is 0. The molecule has 2 aromatic rings. The number of ether oxygens (including phenoxy) is 1. The fourth-order valence-corrected chi connectivity index (χ4v) is 2.64. The molecule has 0 spiro atoms. The van der Waals surface area contributed by atoms with Crippen molar-refractivity contribution in [2.75, 3.05) is 26.2 Å². The summed E-state index contributed by atoms with van der Waals surface area (Å²) in [6.45, 7) is 4.78. The van der Waals surface area contributed by atoms with Crippen LogP contribution in [-0.4, -0.2) is 48.1 Å². The number of oxazole rings is 1. The fourth-order valence-electron chi connectivity index (χ4n) is 2.64. The molecule has 128 valence electrons. The summed E-state index contributed by atoms with van der Waals surface area (Å²) in [5, 5.41) is 2.77. The Kier molecular flexibility index (Phi) is 5.22. The van der Waals surface area contributed by atoms with Crippen LogP contribution in [0.25, 0.3) is 11.5 Å². The summed E-state index contributed by atoms with van der Waals surface area (Å²) in [6, 6.07) is 6.05. The third-order valence-electron chi connectivity index (χ3n) is 3.83. The van der Waals surface area contributed by atoms with Gasteiger partial charge in [-0.25, -0.2) is 9.37 Å². The minimum atomic E-state index is -0.288. The Morgan fingerprint density at radius 3 is 2.96 bits per heavy atom. The van der Waals surface area contributed by atoms with Crippen LogP contribution < -0.4 is 5.32 Å². The molecule has 0 aliphatic carbocycles. The number of nitrogens with one attached hydrogen (secondary N) is 1. The second kappa shape index (κ2) is 7.55. The van der Waals surface area contributed by atoms with Crippen LogP contribution in [0, 0.1) is 5.82 Å². The van der Waals surface area contributed by atoms with Crippen LogP contribution in [0.5, 0.6) is 0 Å². The van der Waals surface area contributed by atoms with E-state index < -0.39 is 0 Å². The Balaban J connectivity index is 1.58. The molecule has 1 aromatic carbocycles. The Bertz CT molecular complexity index is 687. The number of nitrogens with zero attached hydrogens (tertiary/aromatic N) is 2. The van der Waals surface area contributed by atoms with Crippen molar-refractivity contribution in [2.45, 2.75) is 19.6 Å². The molecule has 3 rings (SSSR count). The number of rotatable bonds is 5. The van der Waals surface area contributed by atoms with E-state index >= 15 is 0 Å². The van der Waals surface area contributed by atoms with Crippen LogP contribution in [0.1, 0.15) is 12.6 Å². The quantitative estimate of drug-likeness (QED) is 0.904. The molecule has 1 unspecified atom stereocenters. The van der Waals surface area contributed by atoms with E-state index in [0.29, 0.717) is 25.6 Å². The summed E-state index contributed by atoms with van der Waals surface area (Å²) in [5.41, 5.74) is 1.56. The number of morpholine rings is 1. The van der Waals surface area contributed by atoms with Gasteiger partial charge in [0.15, 0.2) is 0 Å². The van der Waals surface area contributed by atoms with E-state index in [9.17, 15) is 9.18 Å². The number of halogens is 1. The molecular formula is C17H20FN3O3. The molecule has 1 aliphatic rings. The summed E-state index contributed by atoms with van der Waals surface area (Å²) in [5.74, 6) is 0.133. The van der Waals surface area contributed by atoms with Crippen LogP contribution in [0.15, 0.2) is 34.9 Å². The molecular weight excluding hydrogens is 313 g/mol. The van der Waals surface area contributed by atoms with Gasteiger partial charge in [0, 0.05) is 38.7 Å². The van der Waals surface area contributed by atoms with E-state index in [1.807, 2.05) is 0 Å². The average molecular weight is 333 g/mol. The molecule has 0 saturated carbocycles. The van der Waals surface area contributed by atoms with Crippen LogP contribution in [-0.2, 0) is 16.1 Å². The monoisotopic (exact) mass is 333 g/mol. The minimum absolute atomic E-state index is 0.0221. The van der Waals surface area contributed by atoms with E-state index in [1.54, 1.807) is 18.4 Å². The largest absolute Gasteiger partial charge is 0.444 e. The zero-order valence-electron chi connectivity index (χ0n) is 13.5. The van der Waals surface area contributed by atoms with Crippen molar-refractivity contribution in [3.8, 4) is 11.5 Å². The Morgan fingerprint density at radius 2 is 2.21 bits per heavy atom. The molecule has 1 saturated heterocycles. The van der Waals surface area contributed by atoms with Crippen LogP contribution in [0.2, 0.25) is 0 Å². The van der Waals surface area contributed by atoms with Gasteiger partial charge in [-0.15, -0.1) is 0 Å². The smallest absolute Gasteiger partial charge is 0.226 e. The maximum absolute atomic E-state index is 13.0. The van der Waals surface area contributed by atoms with E-state index in [1.165, 1.54) is 19.1 Å². The van der Waals surface area contributed by atoms with Crippen LogP contribution in [0.3, 0.4) is 0 Å². The third-order valence-corrected chi connectivity index (χ3v) is 3.83. The van der Waals surface area contributed by atoms with Gasteiger partial charge in [0.05, 0.1) is 18.4 Å². The molecule has 1 amide bonds. The van der Waals surface area contributed by atoms with Gasteiger partial charge in [0.1, 0.15) is 12.1 Å². The second-order valence-electron chi connectivity index (χ2n) is 5.82. The lowest BCUT2D eigenvalue weighted by molar-refractivity contribution is -0.120. The topological polar surface area (TPSA) is 67.6 Å². The lowest BCUT2D eigenvalue weighted by Gasteiger charge is -2.32. The molecule has 2 heterocycles. The lowest BCUT2D eigenvalue weighted by atomic mass is 10.2. The van der Waals surface area contributed by atoms with Gasteiger partial charge in [0.25, 0.3) is 0 Å². The van der Waals surface area contributed by atoms with Gasteiger partial charge in [0.2, 0.25) is 11.8 Å². The van der Waals surface area contributed by atoms with Gasteiger partial charge in [-0.3, -0.25) is 9.69 Å². The first-order valence-corrected chi connectivity index (χ1v) is 7.89. The molecule has 1 aliphatic heterocycles. The third kappa shape index (κ3) is 4.39. The Morgan fingerprint density at radius 1 is 1.42 bits per heavy atom. The van der Waals surface area contributed by atoms with E-state index in [-0.39, 0.29) is 17.8 Å². The molecule has 1 atom stereocenters. The predicted octanol–water partition coefficient (Wildman–Crippen LogP) is 1.82. The van der Waals surface area contributed by atoms with E-state index in [2.05, 4.69) is 15.2 Å². The fraction of sp³-hybridized carbons (Fsp3) is 0.412. The van der Waals surface area contributed by atoms with Gasteiger partial charge in [-0.05, 0) is 24.3 Å². The molecule has 7 heteroatoms. The van der Waals surface area contributed by atoms with Crippen molar-refractivity contribution in [3.63, 3.8) is 0 Å². The van der Waals surface area contributed by atoms with Crippen molar-refractivity contribution in [1.82, 2.24) is 15.2 Å². The molecule has 1 aromatic heterocycles. The summed E-state index contributed by atoms with van der Waals surface area (Å²) < 4.78 is 24.1. The Hall–Kier alpha value is -2.25. The number of carbonyl (C=O) groups excluding carboxylic acids is 1. The highest BCUT2D eigenvalue weighted by molar-refractivity contribution is 5.72. The molecule has 1 N–H and O–H groups in total. The van der Waals surface area contributed by atoms with E-state index in [4.69, 9.17) is 9.15 Å². The SMILES string of the molecule is CC(=O)NCC1CN(Cc2coc(-c3ccc(F)cc3)n2)CCO1. The minimum Gasteiger partial charge on any atom is -0.444 e. The number of aromatic nitrogens is 1. The first-order chi connectivity index (χ1) is 11.6. The zero-order chi connectivity index (χ0) is 16.9. The second-order valence-corrected chi connectivity index (χ2v) is 5.82.